The SMILES string of the molecule is COc1ccc2sc(N(CCCN(C)C)C(=O)c3ccc(Cc4ccccc4)cc3)nc2c1. The molecule has 4 aromatic rings. The molecule has 5 nitrogen and oxygen atoms in total. The molecule has 0 aliphatic carbocycles. The lowest BCUT2D eigenvalue weighted by Crippen LogP contribution is -2.33. The fourth-order valence-corrected chi connectivity index (χ4v) is 4.69. The van der Waals surface area contributed by atoms with E-state index in [4.69, 9.17) is 9.72 Å². The summed E-state index contributed by atoms with van der Waals surface area (Å²) < 4.78 is 6.37. The van der Waals surface area contributed by atoms with Gasteiger partial charge in [-0.2, -0.15) is 0 Å². The van der Waals surface area contributed by atoms with Crippen molar-refractivity contribution in [3.8, 4) is 5.75 Å². The van der Waals surface area contributed by atoms with Gasteiger partial charge in [-0.05, 0) is 68.9 Å². The number of nitrogens with zero attached hydrogens (tertiary/aromatic N) is 3. The van der Waals surface area contributed by atoms with E-state index in [1.165, 1.54) is 22.5 Å². The van der Waals surface area contributed by atoms with Crippen molar-refractivity contribution in [3.05, 3.63) is 89.5 Å². The zero-order valence-corrected chi connectivity index (χ0v) is 20.1. The van der Waals surface area contributed by atoms with Crippen molar-refractivity contribution in [3.63, 3.8) is 0 Å². The maximum Gasteiger partial charge on any atom is 0.260 e. The van der Waals surface area contributed by atoms with Crippen LogP contribution >= 0.6 is 11.3 Å². The maximum atomic E-state index is 13.5. The maximum absolute atomic E-state index is 13.5. The van der Waals surface area contributed by atoms with Crippen molar-refractivity contribution >= 4 is 32.6 Å². The van der Waals surface area contributed by atoms with E-state index >= 15 is 0 Å². The van der Waals surface area contributed by atoms with E-state index in [0.717, 1.165) is 40.5 Å². The average molecular weight is 460 g/mol. The number of aromatic nitrogens is 1. The second-order valence-electron chi connectivity index (χ2n) is 8.30. The highest BCUT2D eigenvalue weighted by atomic mass is 32.1. The molecule has 0 aliphatic heterocycles. The molecule has 33 heavy (non-hydrogen) atoms. The minimum absolute atomic E-state index is 0.0222. The number of methoxy groups -OCH3 is 1. The van der Waals surface area contributed by atoms with Gasteiger partial charge in [0.25, 0.3) is 5.91 Å². The normalized spacial score (nSPS) is 11.2. The third-order valence-electron chi connectivity index (χ3n) is 5.50. The van der Waals surface area contributed by atoms with E-state index in [2.05, 4.69) is 17.0 Å². The average Bonchev–Trinajstić information content (AvgIpc) is 3.25. The lowest BCUT2D eigenvalue weighted by atomic mass is 10.0. The summed E-state index contributed by atoms with van der Waals surface area (Å²) in [5, 5.41) is 0.718. The first kappa shape index (κ1) is 23.0. The summed E-state index contributed by atoms with van der Waals surface area (Å²) in [6.07, 6.45) is 1.71. The number of anilines is 1. The van der Waals surface area contributed by atoms with Gasteiger partial charge in [0.2, 0.25) is 0 Å². The number of fused-ring (bicyclic) bond motifs is 1. The van der Waals surface area contributed by atoms with E-state index in [1.54, 1.807) is 7.11 Å². The second-order valence-corrected chi connectivity index (χ2v) is 9.31. The number of ether oxygens (including phenoxy) is 1. The Morgan fingerprint density at radius 1 is 0.939 bits per heavy atom. The summed E-state index contributed by atoms with van der Waals surface area (Å²) >= 11 is 1.54. The number of rotatable bonds is 9. The van der Waals surface area contributed by atoms with Crippen LogP contribution in [-0.2, 0) is 6.42 Å². The lowest BCUT2D eigenvalue weighted by Gasteiger charge is -2.21. The molecule has 0 bridgehead atoms. The molecule has 0 atom stereocenters. The first-order valence-electron chi connectivity index (χ1n) is 11.1. The van der Waals surface area contributed by atoms with Crippen molar-refractivity contribution in [2.45, 2.75) is 12.8 Å². The van der Waals surface area contributed by atoms with Gasteiger partial charge in [0, 0.05) is 18.2 Å². The monoisotopic (exact) mass is 459 g/mol. The Kier molecular flexibility index (Phi) is 7.37. The van der Waals surface area contributed by atoms with Gasteiger partial charge in [-0.1, -0.05) is 53.8 Å². The number of amides is 1. The van der Waals surface area contributed by atoms with Gasteiger partial charge >= 0.3 is 0 Å². The second kappa shape index (κ2) is 10.6. The predicted molar refractivity (Wildman–Crippen MR) is 137 cm³/mol. The van der Waals surface area contributed by atoms with E-state index in [-0.39, 0.29) is 5.91 Å². The fraction of sp³-hybridized carbons (Fsp3) is 0.259. The van der Waals surface area contributed by atoms with Gasteiger partial charge in [0.1, 0.15) is 5.75 Å². The molecular formula is C27H29N3O2S. The van der Waals surface area contributed by atoms with Gasteiger partial charge in [-0.25, -0.2) is 4.98 Å². The van der Waals surface area contributed by atoms with Crippen LogP contribution in [0.15, 0.2) is 72.8 Å². The van der Waals surface area contributed by atoms with Gasteiger partial charge in [0.15, 0.2) is 5.13 Å². The minimum atomic E-state index is -0.0222. The van der Waals surface area contributed by atoms with E-state index in [1.807, 2.05) is 79.7 Å². The first-order chi connectivity index (χ1) is 16.0. The van der Waals surface area contributed by atoms with Crippen molar-refractivity contribution in [2.24, 2.45) is 0 Å². The largest absolute Gasteiger partial charge is 0.497 e. The molecule has 0 saturated heterocycles. The molecule has 1 aromatic heterocycles. The van der Waals surface area contributed by atoms with Crippen LogP contribution in [0.4, 0.5) is 5.13 Å². The van der Waals surface area contributed by atoms with Crippen LogP contribution in [0.25, 0.3) is 10.2 Å². The van der Waals surface area contributed by atoms with Gasteiger partial charge in [-0.3, -0.25) is 9.69 Å². The molecule has 0 unspecified atom stereocenters. The summed E-state index contributed by atoms with van der Waals surface area (Å²) in [5.74, 6) is 0.741. The Morgan fingerprint density at radius 2 is 1.67 bits per heavy atom. The summed E-state index contributed by atoms with van der Waals surface area (Å²) in [6, 6.07) is 24.1. The van der Waals surface area contributed by atoms with Crippen molar-refractivity contribution in [1.82, 2.24) is 9.88 Å². The molecule has 0 radical (unpaired) electrons. The third kappa shape index (κ3) is 5.78. The molecule has 1 heterocycles. The Balaban J connectivity index is 1.57. The van der Waals surface area contributed by atoms with Crippen LogP contribution < -0.4 is 9.64 Å². The Labute approximate surface area is 199 Å². The molecule has 4 rings (SSSR count). The van der Waals surface area contributed by atoms with Crippen LogP contribution in [0.2, 0.25) is 0 Å². The number of hydrogen-bond acceptors (Lipinski definition) is 5. The standard InChI is InChI=1S/C27H29N3O2S/c1-29(2)16-7-17-30(27-28-24-19-23(32-3)14-15-25(24)33-27)26(31)22-12-10-21(11-13-22)18-20-8-5-4-6-9-20/h4-6,8-15,19H,7,16-18H2,1-3H3. The van der Waals surface area contributed by atoms with E-state index in [0.29, 0.717) is 12.1 Å². The predicted octanol–water partition coefficient (Wildman–Crippen LogP) is 5.49. The number of benzene rings is 3. The van der Waals surface area contributed by atoms with Crippen LogP contribution in [0, 0.1) is 0 Å². The molecule has 0 N–H and O–H groups in total. The van der Waals surface area contributed by atoms with E-state index < -0.39 is 0 Å². The van der Waals surface area contributed by atoms with Crippen molar-refractivity contribution in [2.75, 3.05) is 39.2 Å². The molecule has 0 aliphatic rings. The Bertz CT molecular complexity index is 1200. The van der Waals surface area contributed by atoms with Crippen LogP contribution in [0.1, 0.15) is 27.9 Å². The summed E-state index contributed by atoms with van der Waals surface area (Å²) in [6.45, 7) is 1.51. The zero-order chi connectivity index (χ0) is 23.2. The topological polar surface area (TPSA) is 45.7 Å². The third-order valence-corrected chi connectivity index (χ3v) is 6.56. The Hall–Kier alpha value is -3.22. The van der Waals surface area contributed by atoms with Crippen molar-refractivity contribution < 1.29 is 9.53 Å². The number of hydrogen-bond donors (Lipinski definition) is 0. The summed E-state index contributed by atoms with van der Waals surface area (Å²) in [4.78, 5) is 22.3. The van der Waals surface area contributed by atoms with Gasteiger partial charge < -0.3 is 9.64 Å². The van der Waals surface area contributed by atoms with E-state index in [9.17, 15) is 4.79 Å². The van der Waals surface area contributed by atoms with Crippen molar-refractivity contribution in [1.29, 1.82) is 0 Å². The highest BCUT2D eigenvalue weighted by Gasteiger charge is 2.21. The lowest BCUT2D eigenvalue weighted by molar-refractivity contribution is 0.0986. The number of thiazole rings is 1. The molecule has 6 heteroatoms. The molecule has 0 saturated carbocycles. The number of carbonyl (C=O) groups is 1. The van der Waals surface area contributed by atoms with Gasteiger partial charge in [-0.15, -0.1) is 0 Å². The number of carbonyl (C=O) groups excluding carboxylic acids is 1. The van der Waals surface area contributed by atoms with Crippen LogP contribution in [0.5, 0.6) is 5.75 Å². The van der Waals surface area contributed by atoms with Gasteiger partial charge in [0.05, 0.1) is 17.3 Å². The molecule has 0 spiro atoms. The fourth-order valence-electron chi connectivity index (χ4n) is 3.72. The smallest absolute Gasteiger partial charge is 0.260 e. The molecule has 3 aromatic carbocycles. The minimum Gasteiger partial charge on any atom is -0.497 e. The highest BCUT2D eigenvalue weighted by Crippen LogP contribution is 2.32. The molecule has 0 fully saturated rings. The first-order valence-corrected chi connectivity index (χ1v) is 11.9. The van der Waals surface area contributed by atoms with Crippen LogP contribution in [0.3, 0.4) is 0 Å². The molecule has 170 valence electrons. The summed E-state index contributed by atoms with van der Waals surface area (Å²) in [7, 11) is 5.73. The highest BCUT2D eigenvalue weighted by molar-refractivity contribution is 7.22. The van der Waals surface area contributed by atoms with Crippen LogP contribution in [-0.4, -0.2) is 50.1 Å². The molecular weight excluding hydrogens is 430 g/mol. The summed E-state index contributed by atoms with van der Waals surface area (Å²) in [5.41, 5.74) is 3.96. The zero-order valence-electron chi connectivity index (χ0n) is 19.3. The quantitative estimate of drug-likeness (QED) is 0.332. The Morgan fingerprint density at radius 3 is 2.36 bits per heavy atom. The molecule has 1 amide bonds.